The molecule has 0 fully saturated rings. The van der Waals surface area contributed by atoms with Gasteiger partial charge in [-0.15, -0.1) is 0 Å². The number of hydrogen-bond donors (Lipinski definition) is 0. The predicted molar refractivity (Wildman–Crippen MR) is 78.0 cm³/mol. The van der Waals surface area contributed by atoms with Crippen LogP contribution in [0.15, 0.2) is 48.5 Å². The Labute approximate surface area is 115 Å². The SMILES string of the molecule is CCc1ccc(C)c(OCCOc2ccccc2)c1. The maximum atomic E-state index is 5.78. The van der Waals surface area contributed by atoms with E-state index < -0.39 is 0 Å². The molecule has 0 aliphatic heterocycles. The van der Waals surface area contributed by atoms with Crippen LogP contribution < -0.4 is 9.47 Å². The normalized spacial score (nSPS) is 10.2. The van der Waals surface area contributed by atoms with Crippen LogP contribution >= 0.6 is 0 Å². The summed E-state index contributed by atoms with van der Waals surface area (Å²) >= 11 is 0. The van der Waals surface area contributed by atoms with E-state index in [9.17, 15) is 0 Å². The van der Waals surface area contributed by atoms with Crippen molar-refractivity contribution in [3.63, 3.8) is 0 Å². The Morgan fingerprint density at radius 1 is 0.895 bits per heavy atom. The Balaban J connectivity index is 1.82. The molecule has 0 aliphatic rings. The molecule has 0 radical (unpaired) electrons. The quantitative estimate of drug-likeness (QED) is 0.727. The third-order valence-electron chi connectivity index (χ3n) is 3.01. The fraction of sp³-hybridized carbons (Fsp3) is 0.294. The number of para-hydroxylation sites is 1. The van der Waals surface area contributed by atoms with Gasteiger partial charge in [0.25, 0.3) is 0 Å². The first-order valence-corrected chi connectivity index (χ1v) is 6.69. The Morgan fingerprint density at radius 3 is 2.37 bits per heavy atom. The Bertz CT molecular complexity index is 506. The van der Waals surface area contributed by atoms with Crippen molar-refractivity contribution in [2.45, 2.75) is 20.3 Å². The lowest BCUT2D eigenvalue weighted by atomic mass is 10.1. The average molecular weight is 256 g/mol. The van der Waals surface area contributed by atoms with Gasteiger partial charge in [0.05, 0.1) is 0 Å². The lowest BCUT2D eigenvalue weighted by Gasteiger charge is -2.11. The molecular formula is C17H20O2. The van der Waals surface area contributed by atoms with Crippen LogP contribution in [-0.4, -0.2) is 13.2 Å². The average Bonchev–Trinajstić information content (AvgIpc) is 2.46. The third kappa shape index (κ3) is 4.02. The fourth-order valence-electron chi connectivity index (χ4n) is 1.85. The smallest absolute Gasteiger partial charge is 0.122 e. The molecule has 0 saturated carbocycles. The number of ether oxygens (including phenoxy) is 2. The van der Waals surface area contributed by atoms with E-state index in [4.69, 9.17) is 9.47 Å². The van der Waals surface area contributed by atoms with E-state index in [1.807, 2.05) is 30.3 Å². The highest BCUT2D eigenvalue weighted by Gasteiger charge is 2.01. The minimum atomic E-state index is 0.555. The minimum absolute atomic E-state index is 0.555. The summed E-state index contributed by atoms with van der Waals surface area (Å²) in [4.78, 5) is 0. The largest absolute Gasteiger partial charge is 0.490 e. The van der Waals surface area contributed by atoms with E-state index in [0.29, 0.717) is 13.2 Å². The van der Waals surface area contributed by atoms with E-state index >= 15 is 0 Å². The van der Waals surface area contributed by atoms with Gasteiger partial charge in [-0.3, -0.25) is 0 Å². The molecule has 0 unspecified atom stereocenters. The molecule has 100 valence electrons. The standard InChI is InChI=1S/C17H20O2/c1-3-15-10-9-14(2)17(13-15)19-12-11-18-16-7-5-4-6-8-16/h4-10,13H,3,11-12H2,1-2H3. The van der Waals surface area contributed by atoms with E-state index in [-0.39, 0.29) is 0 Å². The van der Waals surface area contributed by atoms with Gasteiger partial charge in [-0.2, -0.15) is 0 Å². The summed E-state index contributed by atoms with van der Waals surface area (Å²) in [6.45, 7) is 5.32. The molecule has 0 amide bonds. The summed E-state index contributed by atoms with van der Waals surface area (Å²) < 4.78 is 11.4. The van der Waals surface area contributed by atoms with Crippen LogP contribution in [0.25, 0.3) is 0 Å². The Morgan fingerprint density at radius 2 is 1.63 bits per heavy atom. The molecule has 0 heterocycles. The molecule has 2 aromatic carbocycles. The van der Waals surface area contributed by atoms with E-state index in [2.05, 4.69) is 32.0 Å². The second-order valence-corrected chi connectivity index (χ2v) is 4.46. The number of benzene rings is 2. The third-order valence-corrected chi connectivity index (χ3v) is 3.01. The molecule has 2 heteroatoms. The van der Waals surface area contributed by atoms with Gasteiger partial charge in [-0.1, -0.05) is 37.3 Å². The number of aryl methyl sites for hydroxylation is 2. The van der Waals surface area contributed by atoms with Gasteiger partial charge in [-0.25, -0.2) is 0 Å². The molecule has 0 bridgehead atoms. The highest BCUT2D eigenvalue weighted by molar-refractivity contribution is 5.36. The Hall–Kier alpha value is -1.96. The molecule has 0 spiro atoms. The zero-order valence-corrected chi connectivity index (χ0v) is 11.6. The summed E-state index contributed by atoms with van der Waals surface area (Å²) in [6.07, 6.45) is 1.02. The maximum Gasteiger partial charge on any atom is 0.122 e. The van der Waals surface area contributed by atoms with Crippen molar-refractivity contribution in [2.75, 3.05) is 13.2 Å². The maximum absolute atomic E-state index is 5.78. The van der Waals surface area contributed by atoms with Gasteiger partial charge in [-0.05, 0) is 42.7 Å². The van der Waals surface area contributed by atoms with Crippen LogP contribution in [0.2, 0.25) is 0 Å². The molecule has 19 heavy (non-hydrogen) atoms. The van der Waals surface area contributed by atoms with E-state index in [1.54, 1.807) is 0 Å². The highest BCUT2D eigenvalue weighted by Crippen LogP contribution is 2.19. The van der Waals surface area contributed by atoms with Gasteiger partial charge < -0.3 is 9.47 Å². The van der Waals surface area contributed by atoms with Crippen LogP contribution in [0.3, 0.4) is 0 Å². The van der Waals surface area contributed by atoms with Crippen LogP contribution in [0, 0.1) is 6.92 Å². The van der Waals surface area contributed by atoms with Gasteiger partial charge in [0.2, 0.25) is 0 Å². The van der Waals surface area contributed by atoms with Crippen molar-refractivity contribution in [3.8, 4) is 11.5 Å². The number of rotatable bonds is 6. The predicted octanol–water partition coefficient (Wildman–Crippen LogP) is 4.02. The summed E-state index contributed by atoms with van der Waals surface area (Å²) in [5.41, 5.74) is 2.46. The first-order chi connectivity index (χ1) is 9.29. The second-order valence-electron chi connectivity index (χ2n) is 4.46. The zero-order valence-electron chi connectivity index (χ0n) is 11.6. The second kappa shape index (κ2) is 6.83. The molecule has 0 atom stereocenters. The molecule has 0 saturated heterocycles. The molecule has 2 rings (SSSR count). The summed E-state index contributed by atoms with van der Waals surface area (Å²) in [6, 6.07) is 16.2. The monoisotopic (exact) mass is 256 g/mol. The minimum Gasteiger partial charge on any atom is -0.490 e. The summed E-state index contributed by atoms with van der Waals surface area (Å²) in [7, 11) is 0. The van der Waals surface area contributed by atoms with Crippen molar-refractivity contribution < 1.29 is 9.47 Å². The summed E-state index contributed by atoms with van der Waals surface area (Å²) in [5, 5.41) is 0. The summed E-state index contributed by atoms with van der Waals surface area (Å²) in [5.74, 6) is 1.83. The van der Waals surface area contributed by atoms with Gasteiger partial charge >= 0.3 is 0 Å². The topological polar surface area (TPSA) is 18.5 Å². The molecule has 0 aromatic heterocycles. The highest BCUT2D eigenvalue weighted by atomic mass is 16.5. The molecule has 0 N–H and O–H groups in total. The zero-order chi connectivity index (χ0) is 13.5. The van der Waals surface area contributed by atoms with Crippen molar-refractivity contribution in [1.82, 2.24) is 0 Å². The Kier molecular flexibility index (Phi) is 4.85. The van der Waals surface area contributed by atoms with Crippen molar-refractivity contribution >= 4 is 0 Å². The number of hydrogen-bond acceptors (Lipinski definition) is 2. The van der Waals surface area contributed by atoms with Crippen molar-refractivity contribution in [1.29, 1.82) is 0 Å². The molecule has 2 aromatic rings. The van der Waals surface area contributed by atoms with Gasteiger partial charge in [0.1, 0.15) is 24.7 Å². The first-order valence-electron chi connectivity index (χ1n) is 6.69. The van der Waals surface area contributed by atoms with E-state index in [1.165, 1.54) is 5.56 Å². The first kappa shape index (κ1) is 13.5. The lowest BCUT2D eigenvalue weighted by Crippen LogP contribution is -2.09. The van der Waals surface area contributed by atoms with Crippen LogP contribution in [0.5, 0.6) is 11.5 Å². The van der Waals surface area contributed by atoms with Gasteiger partial charge in [0, 0.05) is 0 Å². The fourth-order valence-corrected chi connectivity index (χ4v) is 1.85. The molecule has 2 nitrogen and oxygen atoms in total. The van der Waals surface area contributed by atoms with Crippen molar-refractivity contribution in [2.24, 2.45) is 0 Å². The van der Waals surface area contributed by atoms with Gasteiger partial charge in [0.15, 0.2) is 0 Å². The van der Waals surface area contributed by atoms with Crippen molar-refractivity contribution in [3.05, 3.63) is 59.7 Å². The van der Waals surface area contributed by atoms with E-state index in [0.717, 1.165) is 23.5 Å². The molecular weight excluding hydrogens is 236 g/mol. The van der Waals surface area contributed by atoms with Crippen LogP contribution in [-0.2, 0) is 6.42 Å². The van der Waals surface area contributed by atoms with Crippen LogP contribution in [0.4, 0.5) is 0 Å². The molecule has 0 aliphatic carbocycles. The van der Waals surface area contributed by atoms with Crippen LogP contribution in [0.1, 0.15) is 18.1 Å². The lowest BCUT2D eigenvalue weighted by molar-refractivity contribution is 0.216.